The average Bonchev–Trinajstić information content (AvgIpc) is 3.33. The number of allylic oxidation sites excluding steroid dienone is 2. The van der Waals surface area contributed by atoms with Gasteiger partial charge in [0.2, 0.25) is 0 Å². The van der Waals surface area contributed by atoms with E-state index in [9.17, 15) is 5.11 Å². The topological polar surface area (TPSA) is 20.2 Å². The Kier molecular flexibility index (Phi) is 5.57. The highest BCUT2D eigenvalue weighted by Crippen LogP contribution is 2.88. The Labute approximate surface area is 199 Å². The van der Waals surface area contributed by atoms with E-state index in [-0.39, 0.29) is 6.10 Å². The molecule has 32 heavy (non-hydrogen) atoms. The van der Waals surface area contributed by atoms with Crippen molar-refractivity contribution >= 4 is 0 Å². The van der Waals surface area contributed by atoms with Crippen molar-refractivity contribution in [2.75, 3.05) is 0 Å². The Bertz CT molecular complexity index is 766. The number of hydrogen-bond donors (Lipinski definition) is 1. The highest BCUT2D eigenvalue weighted by molar-refractivity contribution is 5.29. The highest BCUT2D eigenvalue weighted by atomic mass is 16.3. The van der Waals surface area contributed by atoms with Crippen LogP contribution in [0.4, 0.5) is 0 Å². The Morgan fingerprint density at radius 3 is 2.38 bits per heavy atom. The maximum Gasteiger partial charge on any atom is 0.0568 e. The molecule has 0 bridgehead atoms. The van der Waals surface area contributed by atoms with Gasteiger partial charge in [0, 0.05) is 0 Å². The zero-order valence-corrected chi connectivity index (χ0v) is 22.3. The van der Waals surface area contributed by atoms with Crippen LogP contribution < -0.4 is 0 Å². The second-order valence-electron chi connectivity index (χ2n) is 14.2. The SMILES string of the molecule is CC/C(=C/C[C@@H](C)[C@H]1CC[C@@]2(C)[C@@H]3CC[C@H]4[C@H](C)[C@@H](O)CC[C@@]45C[C@@]35CC[C@]12C)C(C)C. The van der Waals surface area contributed by atoms with Crippen LogP contribution in [0.25, 0.3) is 0 Å². The molecule has 5 aliphatic carbocycles. The smallest absolute Gasteiger partial charge is 0.0568 e. The minimum atomic E-state index is -0.0344. The van der Waals surface area contributed by atoms with Crippen molar-refractivity contribution in [1.82, 2.24) is 0 Å². The van der Waals surface area contributed by atoms with Crippen molar-refractivity contribution in [3.05, 3.63) is 11.6 Å². The number of aliphatic hydroxyl groups excluding tert-OH is 1. The zero-order chi connectivity index (χ0) is 23.1. The van der Waals surface area contributed by atoms with E-state index in [0.29, 0.717) is 33.5 Å². The summed E-state index contributed by atoms with van der Waals surface area (Å²) in [5.41, 5.74) is 3.98. The third-order valence-electron chi connectivity index (χ3n) is 13.3. The van der Waals surface area contributed by atoms with Crippen molar-refractivity contribution in [2.24, 2.45) is 57.2 Å². The molecule has 0 amide bonds. The predicted molar refractivity (Wildman–Crippen MR) is 135 cm³/mol. The van der Waals surface area contributed by atoms with Crippen molar-refractivity contribution in [3.63, 3.8) is 0 Å². The van der Waals surface area contributed by atoms with E-state index in [2.05, 4.69) is 54.5 Å². The van der Waals surface area contributed by atoms with E-state index in [4.69, 9.17) is 0 Å². The van der Waals surface area contributed by atoms with Gasteiger partial charge in [0.15, 0.2) is 0 Å². The first-order valence-corrected chi connectivity index (χ1v) is 14.4. The van der Waals surface area contributed by atoms with Gasteiger partial charge < -0.3 is 5.11 Å². The van der Waals surface area contributed by atoms with Gasteiger partial charge in [0.1, 0.15) is 0 Å². The van der Waals surface area contributed by atoms with Crippen molar-refractivity contribution < 1.29 is 5.11 Å². The molecule has 0 aromatic rings. The summed E-state index contributed by atoms with van der Waals surface area (Å²) in [7, 11) is 0. The third-order valence-corrected chi connectivity index (χ3v) is 13.3. The Balaban J connectivity index is 1.39. The van der Waals surface area contributed by atoms with Gasteiger partial charge in [0.05, 0.1) is 6.10 Å². The lowest BCUT2D eigenvalue weighted by atomic mass is 9.43. The number of hydrogen-bond acceptors (Lipinski definition) is 1. The fraction of sp³-hybridized carbons (Fsp3) is 0.935. The van der Waals surface area contributed by atoms with Crippen LogP contribution in [0.15, 0.2) is 11.6 Å². The van der Waals surface area contributed by atoms with Gasteiger partial charge in [-0.05, 0) is 128 Å². The number of fused-ring (bicyclic) bond motifs is 2. The fourth-order valence-corrected chi connectivity index (χ4v) is 11.3. The van der Waals surface area contributed by atoms with E-state index >= 15 is 0 Å². The van der Waals surface area contributed by atoms with Crippen LogP contribution in [-0.2, 0) is 0 Å². The molecule has 182 valence electrons. The molecule has 5 fully saturated rings. The standard InChI is InChI=1S/C31H52O/c1-8-23(20(2)3)10-9-21(4)24-13-15-29(7)27-12-11-25-22(5)26(32)14-16-30(25)19-31(27,30)18-17-28(24,29)6/h10,20-22,24-27,32H,8-9,11-19H2,1-7H3/b23-10-/t21-,22+,24-,25+,26+,27+,28-,29+,30-,31+/m1/s1. The Hall–Kier alpha value is -0.300. The van der Waals surface area contributed by atoms with Crippen LogP contribution in [0.1, 0.15) is 119 Å². The number of rotatable bonds is 5. The van der Waals surface area contributed by atoms with Crippen LogP contribution in [0.5, 0.6) is 0 Å². The van der Waals surface area contributed by atoms with Crippen molar-refractivity contribution in [1.29, 1.82) is 0 Å². The molecule has 0 aliphatic heterocycles. The summed E-state index contributed by atoms with van der Waals surface area (Å²) in [6.45, 7) is 17.5. The molecule has 1 heteroatoms. The molecule has 0 radical (unpaired) electrons. The van der Waals surface area contributed by atoms with Gasteiger partial charge in [-0.25, -0.2) is 0 Å². The predicted octanol–water partition coefficient (Wildman–Crippen LogP) is 8.41. The molecular formula is C31H52O. The quantitative estimate of drug-likeness (QED) is 0.425. The lowest BCUT2D eigenvalue weighted by Gasteiger charge is -2.62. The van der Waals surface area contributed by atoms with Gasteiger partial charge in [-0.3, -0.25) is 0 Å². The summed E-state index contributed by atoms with van der Waals surface area (Å²) in [6.07, 6.45) is 17.7. The molecular weight excluding hydrogens is 388 g/mol. The summed E-state index contributed by atoms with van der Waals surface area (Å²) in [5, 5.41) is 10.6. The minimum Gasteiger partial charge on any atom is -0.393 e. The maximum atomic E-state index is 10.6. The van der Waals surface area contributed by atoms with E-state index in [0.717, 1.165) is 30.1 Å². The van der Waals surface area contributed by atoms with Crippen molar-refractivity contribution in [3.8, 4) is 0 Å². The highest BCUT2D eigenvalue weighted by Gasteiger charge is 2.81. The van der Waals surface area contributed by atoms with E-state index in [1.54, 1.807) is 5.57 Å². The first-order chi connectivity index (χ1) is 15.1. The van der Waals surface area contributed by atoms with Crippen LogP contribution in [0.3, 0.4) is 0 Å². The summed E-state index contributed by atoms with van der Waals surface area (Å²) in [4.78, 5) is 0. The minimum absolute atomic E-state index is 0.0344. The Morgan fingerprint density at radius 1 is 0.938 bits per heavy atom. The number of aliphatic hydroxyl groups is 1. The largest absolute Gasteiger partial charge is 0.393 e. The van der Waals surface area contributed by atoms with Crippen molar-refractivity contribution in [2.45, 2.75) is 125 Å². The Morgan fingerprint density at radius 2 is 1.69 bits per heavy atom. The normalized spacial score (nSPS) is 53.3. The molecule has 0 aromatic carbocycles. The molecule has 1 N–H and O–H groups in total. The van der Waals surface area contributed by atoms with Crippen LogP contribution in [-0.4, -0.2) is 11.2 Å². The maximum absolute atomic E-state index is 10.6. The lowest BCUT2D eigenvalue weighted by Crippen LogP contribution is -2.55. The molecule has 5 saturated carbocycles. The first kappa shape index (κ1) is 23.4. The van der Waals surface area contributed by atoms with Gasteiger partial charge in [0.25, 0.3) is 0 Å². The first-order valence-electron chi connectivity index (χ1n) is 14.4. The second kappa shape index (κ2) is 7.60. The molecule has 0 heterocycles. The third kappa shape index (κ3) is 2.85. The molecule has 0 aromatic heterocycles. The molecule has 1 nitrogen and oxygen atoms in total. The monoisotopic (exact) mass is 440 g/mol. The van der Waals surface area contributed by atoms with Crippen LogP contribution in [0.2, 0.25) is 0 Å². The summed E-state index contributed by atoms with van der Waals surface area (Å²) in [5.74, 6) is 4.68. The zero-order valence-electron chi connectivity index (χ0n) is 22.3. The van der Waals surface area contributed by atoms with Gasteiger partial charge in [-0.1, -0.05) is 60.1 Å². The van der Waals surface area contributed by atoms with Gasteiger partial charge >= 0.3 is 0 Å². The molecule has 5 rings (SSSR count). The molecule has 0 unspecified atom stereocenters. The lowest BCUT2D eigenvalue weighted by molar-refractivity contribution is -0.142. The molecule has 0 saturated heterocycles. The molecule has 5 aliphatic rings. The summed E-state index contributed by atoms with van der Waals surface area (Å²) >= 11 is 0. The van der Waals surface area contributed by atoms with Gasteiger partial charge in [-0.2, -0.15) is 0 Å². The molecule has 10 atom stereocenters. The summed E-state index contributed by atoms with van der Waals surface area (Å²) < 4.78 is 0. The fourth-order valence-electron chi connectivity index (χ4n) is 11.3. The molecule has 2 spiro atoms. The average molecular weight is 441 g/mol. The van der Waals surface area contributed by atoms with E-state index < -0.39 is 0 Å². The van der Waals surface area contributed by atoms with Crippen LogP contribution >= 0.6 is 0 Å². The van der Waals surface area contributed by atoms with Gasteiger partial charge in [-0.15, -0.1) is 0 Å². The van der Waals surface area contributed by atoms with Crippen LogP contribution in [0, 0.1) is 57.2 Å². The van der Waals surface area contributed by atoms with E-state index in [1.807, 2.05) is 0 Å². The second-order valence-corrected chi connectivity index (χ2v) is 14.2. The van der Waals surface area contributed by atoms with E-state index in [1.165, 1.54) is 64.2 Å². The summed E-state index contributed by atoms with van der Waals surface area (Å²) in [6, 6.07) is 0.